The summed E-state index contributed by atoms with van der Waals surface area (Å²) < 4.78 is 6.52. The molecule has 0 amide bonds. The molecule has 4 rings (SSSR count). The molecule has 0 N–H and O–H groups in total. The second-order valence-corrected chi connectivity index (χ2v) is 7.91. The summed E-state index contributed by atoms with van der Waals surface area (Å²) in [5.74, 6) is 0.928. The van der Waals surface area contributed by atoms with Crippen molar-refractivity contribution in [2.75, 3.05) is 39.8 Å². The van der Waals surface area contributed by atoms with Crippen LogP contribution in [0, 0.1) is 0 Å². The van der Waals surface area contributed by atoms with Gasteiger partial charge in [0, 0.05) is 32.7 Å². The molecule has 136 valence electrons. The molecule has 2 aromatic carbocycles. The van der Waals surface area contributed by atoms with Crippen LogP contribution in [0.3, 0.4) is 0 Å². The van der Waals surface area contributed by atoms with E-state index in [1.807, 2.05) is 23.5 Å². The van der Waals surface area contributed by atoms with Crippen molar-refractivity contribution in [3.05, 3.63) is 59.1 Å². The summed E-state index contributed by atoms with van der Waals surface area (Å²) in [6, 6.07) is 16.8. The van der Waals surface area contributed by atoms with Crippen LogP contribution in [0.5, 0.6) is 5.75 Å². The first kappa shape index (κ1) is 17.5. The molecule has 0 spiro atoms. The van der Waals surface area contributed by atoms with Gasteiger partial charge in [-0.2, -0.15) is 0 Å². The predicted molar refractivity (Wildman–Crippen MR) is 108 cm³/mol. The standard InChI is InChI=1S/C21H25N3OS/c1-25-18-8-6-17(7-9-18)10-11-23-12-14-24(15-13-23)16-21-22-19-4-2-3-5-20(19)26-21/h2-9H,10-16H2,1H3. The average molecular weight is 368 g/mol. The number of piperazine rings is 1. The summed E-state index contributed by atoms with van der Waals surface area (Å²) in [4.78, 5) is 9.87. The van der Waals surface area contributed by atoms with Crippen LogP contribution in [-0.4, -0.2) is 54.6 Å². The van der Waals surface area contributed by atoms with E-state index in [1.165, 1.54) is 15.3 Å². The van der Waals surface area contributed by atoms with Crippen LogP contribution in [-0.2, 0) is 13.0 Å². The third-order valence-electron chi connectivity index (χ3n) is 5.04. The van der Waals surface area contributed by atoms with Gasteiger partial charge in [-0.3, -0.25) is 4.90 Å². The molecule has 4 nitrogen and oxygen atoms in total. The average Bonchev–Trinajstić information content (AvgIpc) is 3.10. The summed E-state index contributed by atoms with van der Waals surface area (Å²) in [6.07, 6.45) is 1.10. The first-order valence-corrected chi connectivity index (χ1v) is 10.0. The molecule has 5 heteroatoms. The highest BCUT2D eigenvalue weighted by molar-refractivity contribution is 7.18. The second-order valence-electron chi connectivity index (χ2n) is 6.79. The van der Waals surface area contributed by atoms with Gasteiger partial charge in [0.2, 0.25) is 0 Å². The van der Waals surface area contributed by atoms with E-state index >= 15 is 0 Å². The fourth-order valence-electron chi connectivity index (χ4n) is 3.43. The largest absolute Gasteiger partial charge is 0.497 e. The Morgan fingerprint density at radius 1 is 0.962 bits per heavy atom. The number of thiazole rings is 1. The summed E-state index contributed by atoms with van der Waals surface area (Å²) in [7, 11) is 1.71. The molecule has 26 heavy (non-hydrogen) atoms. The minimum Gasteiger partial charge on any atom is -0.497 e. The Labute approximate surface area is 159 Å². The molecule has 0 bridgehead atoms. The van der Waals surface area contributed by atoms with Gasteiger partial charge in [-0.15, -0.1) is 11.3 Å². The zero-order valence-corrected chi connectivity index (χ0v) is 16.0. The number of methoxy groups -OCH3 is 1. The lowest BCUT2D eigenvalue weighted by Gasteiger charge is -2.34. The summed E-state index contributed by atoms with van der Waals surface area (Å²) in [5, 5.41) is 1.23. The van der Waals surface area contributed by atoms with Crippen molar-refractivity contribution in [3.8, 4) is 5.75 Å². The zero-order chi connectivity index (χ0) is 17.8. The lowest BCUT2D eigenvalue weighted by atomic mass is 10.1. The number of rotatable bonds is 6. The summed E-state index contributed by atoms with van der Waals surface area (Å²) in [5.41, 5.74) is 2.51. The summed E-state index contributed by atoms with van der Waals surface area (Å²) >= 11 is 1.83. The Balaban J connectivity index is 1.24. The van der Waals surface area contributed by atoms with Crippen molar-refractivity contribution in [2.45, 2.75) is 13.0 Å². The lowest BCUT2D eigenvalue weighted by Crippen LogP contribution is -2.46. The molecule has 0 radical (unpaired) electrons. The van der Waals surface area contributed by atoms with Crippen molar-refractivity contribution in [1.82, 2.24) is 14.8 Å². The van der Waals surface area contributed by atoms with Crippen LogP contribution in [0.1, 0.15) is 10.6 Å². The van der Waals surface area contributed by atoms with Gasteiger partial charge in [0.15, 0.2) is 0 Å². The third-order valence-corrected chi connectivity index (χ3v) is 6.06. The maximum absolute atomic E-state index is 5.22. The normalized spacial score (nSPS) is 16.2. The molecule has 0 atom stereocenters. The Bertz CT molecular complexity index is 805. The molecule has 0 saturated carbocycles. The fourth-order valence-corrected chi connectivity index (χ4v) is 4.44. The molecule has 1 aliphatic rings. The van der Waals surface area contributed by atoms with Gasteiger partial charge in [-0.1, -0.05) is 24.3 Å². The number of benzene rings is 2. The first-order chi connectivity index (χ1) is 12.8. The van der Waals surface area contributed by atoms with Gasteiger partial charge < -0.3 is 9.64 Å². The number of hydrogen-bond acceptors (Lipinski definition) is 5. The van der Waals surface area contributed by atoms with E-state index in [1.54, 1.807) is 7.11 Å². The van der Waals surface area contributed by atoms with Crippen molar-refractivity contribution in [3.63, 3.8) is 0 Å². The van der Waals surface area contributed by atoms with E-state index in [2.05, 4.69) is 46.2 Å². The Hall–Kier alpha value is -1.95. The van der Waals surface area contributed by atoms with Crippen molar-refractivity contribution < 1.29 is 4.74 Å². The van der Waals surface area contributed by atoms with Crippen LogP contribution in [0.15, 0.2) is 48.5 Å². The molecule has 1 aliphatic heterocycles. The van der Waals surface area contributed by atoms with E-state index in [0.717, 1.165) is 57.0 Å². The molecule has 1 saturated heterocycles. The van der Waals surface area contributed by atoms with Gasteiger partial charge in [0.1, 0.15) is 10.8 Å². The van der Waals surface area contributed by atoms with Crippen LogP contribution in [0.4, 0.5) is 0 Å². The number of para-hydroxylation sites is 1. The molecular formula is C21H25N3OS. The van der Waals surface area contributed by atoms with E-state index in [9.17, 15) is 0 Å². The Morgan fingerprint density at radius 3 is 2.42 bits per heavy atom. The van der Waals surface area contributed by atoms with Crippen LogP contribution >= 0.6 is 11.3 Å². The Morgan fingerprint density at radius 2 is 1.69 bits per heavy atom. The van der Waals surface area contributed by atoms with Gasteiger partial charge in [0.05, 0.1) is 23.9 Å². The number of aromatic nitrogens is 1. The fraction of sp³-hybridized carbons (Fsp3) is 0.381. The molecule has 0 aliphatic carbocycles. The Kier molecular flexibility index (Phi) is 5.48. The number of ether oxygens (including phenoxy) is 1. The van der Waals surface area contributed by atoms with Crippen LogP contribution in [0.25, 0.3) is 10.2 Å². The topological polar surface area (TPSA) is 28.6 Å². The van der Waals surface area contributed by atoms with Crippen molar-refractivity contribution in [1.29, 1.82) is 0 Å². The first-order valence-electron chi connectivity index (χ1n) is 9.22. The minimum absolute atomic E-state index is 0.928. The number of fused-ring (bicyclic) bond motifs is 1. The predicted octanol–water partition coefficient (Wildman–Crippen LogP) is 3.67. The maximum Gasteiger partial charge on any atom is 0.118 e. The molecule has 1 aromatic heterocycles. The minimum atomic E-state index is 0.928. The van der Waals surface area contributed by atoms with Crippen molar-refractivity contribution in [2.24, 2.45) is 0 Å². The van der Waals surface area contributed by atoms with Crippen LogP contribution < -0.4 is 4.74 Å². The highest BCUT2D eigenvalue weighted by atomic mass is 32.1. The maximum atomic E-state index is 5.22. The highest BCUT2D eigenvalue weighted by Gasteiger charge is 2.18. The quantitative estimate of drug-likeness (QED) is 0.665. The number of hydrogen-bond donors (Lipinski definition) is 0. The molecular weight excluding hydrogens is 342 g/mol. The molecule has 3 aromatic rings. The van der Waals surface area contributed by atoms with E-state index in [4.69, 9.17) is 9.72 Å². The van der Waals surface area contributed by atoms with E-state index in [-0.39, 0.29) is 0 Å². The third kappa shape index (κ3) is 4.23. The summed E-state index contributed by atoms with van der Waals surface area (Å²) in [6.45, 7) is 6.63. The molecule has 1 fully saturated rings. The van der Waals surface area contributed by atoms with E-state index < -0.39 is 0 Å². The zero-order valence-electron chi connectivity index (χ0n) is 15.2. The van der Waals surface area contributed by atoms with Gasteiger partial charge in [-0.25, -0.2) is 4.98 Å². The number of nitrogens with zero attached hydrogens (tertiary/aromatic N) is 3. The van der Waals surface area contributed by atoms with Crippen molar-refractivity contribution >= 4 is 21.6 Å². The van der Waals surface area contributed by atoms with Gasteiger partial charge in [0.25, 0.3) is 0 Å². The van der Waals surface area contributed by atoms with E-state index in [0.29, 0.717) is 0 Å². The lowest BCUT2D eigenvalue weighted by molar-refractivity contribution is 0.128. The van der Waals surface area contributed by atoms with Gasteiger partial charge >= 0.3 is 0 Å². The molecule has 2 heterocycles. The molecule has 0 unspecified atom stereocenters. The SMILES string of the molecule is COc1ccc(CCN2CCN(Cc3nc4ccccc4s3)CC2)cc1. The smallest absolute Gasteiger partial charge is 0.118 e. The van der Waals surface area contributed by atoms with Gasteiger partial charge in [-0.05, 0) is 36.2 Å². The van der Waals surface area contributed by atoms with Crippen LogP contribution in [0.2, 0.25) is 0 Å². The monoisotopic (exact) mass is 367 g/mol. The second kappa shape index (κ2) is 8.16. The highest BCUT2D eigenvalue weighted by Crippen LogP contribution is 2.23.